The summed E-state index contributed by atoms with van der Waals surface area (Å²) in [7, 11) is -8.92. The van der Waals surface area contributed by atoms with Gasteiger partial charge in [-0.1, -0.05) is 6.07 Å². The lowest BCUT2D eigenvalue weighted by molar-refractivity contribution is 0.483. The van der Waals surface area contributed by atoms with E-state index < -0.39 is 25.0 Å². The standard InChI is InChI=1S/C29H34ClN3O6S2/c1-5-32(6-2)20-9-12-23-26(17-20)39-27-18-21(33(7-3)8-4)10-13-24(27)29(23)25-14-11-22(19-28(25)41(36,37)38)40(34,35)31-16-15-30/h9-14,17-19,31H,5-8,15-16H2,1-4H3/p+1. The first-order valence-corrected chi connectivity index (χ1v) is 17.0. The minimum Gasteiger partial charge on any atom is -0.456 e. The molecule has 1 aliphatic heterocycles. The molecular formula is C29H35ClN3O6S2+. The molecule has 2 N–H and O–H groups in total. The predicted octanol–water partition coefficient (Wildman–Crippen LogP) is 4.63. The highest BCUT2D eigenvalue weighted by Gasteiger charge is 2.27. The Kier molecular flexibility index (Phi) is 9.45. The Morgan fingerprint density at radius 3 is 2.20 bits per heavy atom. The van der Waals surface area contributed by atoms with E-state index in [1.54, 1.807) is 0 Å². The first-order chi connectivity index (χ1) is 19.5. The van der Waals surface area contributed by atoms with Gasteiger partial charge in [-0.3, -0.25) is 4.55 Å². The minimum atomic E-state index is -4.85. The molecule has 0 saturated carbocycles. The largest absolute Gasteiger partial charge is 0.456 e. The third kappa shape index (κ3) is 6.29. The summed E-state index contributed by atoms with van der Waals surface area (Å²) in [5.41, 5.74) is 2.74. The fourth-order valence-corrected chi connectivity index (χ4v) is 7.14. The Hall–Kier alpha value is -2.96. The van der Waals surface area contributed by atoms with E-state index in [-0.39, 0.29) is 22.9 Å². The van der Waals surface area contributed by atoms with Crippen LogP contribution in [0.5, 0.6) is 0 Å². The maximum Gasteiger partial charge on any atom is 0.295 e. The number of hydrogen-bond acceptors (Lipinski definition) is 6. The summed E-state index contributed by atoms with van der Waals surface area (Å²) in [6, 6.07) is 15.1. The molecule has 0 unspecified atom stereocenters. The first kappa shape index (κ1) is 31.0. The number of alkyl halides is 1. The zero-order valence-electron chi connectivity index (χ0n) is 23.5. The molecule has 2 aromatic rings. The molecule has 0 amide bonds. The second kappa shape index (κ2) is 12.5. The van der Waals surface area contributed by atoms with Crippen molar-refractivity contribution in [1.82, 2.24) is 9.30 Å². The molecule has 2 aliphatic rings. The molecule has 2 aromatic carbocycles. The van der Waals surface area contributed by atoms with Gasteiger partial charge >= 0.3 is 0 Å². The topological polar surface area (TPSA) is 120 Å². The van der Waals surface area contributed by atoms with Crippen LogP contribution >= 0.6 is 11.6 Å². The molecule has 0 bridgehead atoms. The molecule has 220 valence electrons. The van der Waals surface area contributed by atoms with Gasteiger partial charge in [0.2, 0.25) is 15.4 Å². The number of halogens is 1. The van der Waals surface area contributed by atoms with Crippen LogP contribution in [-0.4, -0.2) is 60.0 Å². The van der Waals surface area contributed by atoms with Crippen LogP contribution in [0.25, 0.3) is 33.4 Å². The van der Waals surface area contributed by atoms with E-state index in [9.17, 15) is 21.4 Å². The average molecular weight is 621 g/mol. The number of nitrogens with zero attached hydrogens (tertiary/aromatic N) is 2. The van der Waals surface area contributed by atoms with Gasteiger partial charge in [-0.2, -0.15) is 8.42 Å². The average Bonchev–Trinajstić information content (AvgIpc) is 2.95. The van der Waals surface area contributed by atoms with Gasteiger partial charge in [0, 0.05) is 65.4 Å². The summed E-state index contributed by atoms with van der Waals surface area (Å²) in [4.78, 5) is 1.34. The van der Waals surface area contributed by atoms with Crippen LogP contribution in [0.15, 0.2) is 68.8 Å². The van der Waals surface area contributed by atoms with E-state index >= 15 is 0 Å². The van der Waals surface area contributed by atoms with E-state index in [0.717, 1.165) is 43.3 Å². The number of sulfonamides is 1. The van der Waals surface area contributed by atoms with Gasteiger partial charge in [0.1, 0.15) is 29.3 Å². The molecule has 1 aliphatic carbocycles. The molecule has 12 heteroatoms. The highest BCUT2D eigenvalue weighted by molar-refractivity contribution is 7.89. The lowest BCUT2D eigenvalue weighted by Gasteiger charge is -2.22. The highest BCUT2D eigenvalue weighted by atomic mass is 35.5. The van der Waals surface area contributed by atoms with Crippen molar-refractivity contribution in [2.75, 3.05) is 43.5 Å². The molecule has 0 aromatic heterocycles. The third-order valence-electron chi connectivity index (χ3n) is 7.14. The monoisotopic (exact) mass is 620 g/mol. The van der Waals surface area contributed by atoms with Gasteiger partial charge in [-0.25, -0.2) is 17.7 Å². The summed E-state index contributed by atoms with van der Waals surface area (Å²) >= 11 is 5.64. The van der Waals surface area contributed by atoms with E-state index in [1.165, 1.54) is 12.1 Å². The Morgan fingerprint density at radius 1 is 0.902 bits per heavy atom. The molecule has 0 saturated heterocycles. The number of rotatable bonds is 11. The van der Waals surface area contributed by atoms with E-state index in [1.807, 2.05) is 36.4 Å². The summed E-state index contributed by atoms with van der Waals surface area (Å²) in [6.07, 6.45) is 0. The van der Waals surface area contributed by atoms with Gasteiger partial charge < -0.3 is 9.32 Å². The fraction of sp³-hybridized carbons (Fsp3) is 0.345. The summed E-state index contributed by atoms with van der Waals surface area (Å²) in [5, 5.41) is 1.56. The highest BCUT2D eigenvalue weighted by Crippen LogP contribution is 2.43. The van der Waals surface area contributed by atoms with Crippen LogP contribution < -0.4 is 19.6 Å². The van der Waals surface area contributed by atoms with Crippen molar-refractivity contribution < 1.29 is 25.8 Å². The number of fused-ring (bicyclic) bond motifs is 2. The van der Waals surface area contributed by atoms with Gasteiger partial charge in [-0.05, 0) is 58.0 Å². The summed E-state index contributed by atoms with van der Waals surface area (Å²) in [5.74, 6) is 0.564. The second-order valence-electron chi connectivity index (χ2n) is 9.40. The van der Waals surface area contributed by atoms with Crippen molar-refractivity contribution in [2.24, 2.45) is 0 Å². The Labute approximate surface area is 246 Å². The molecular weight excluding hydrogens is 586 g/mol. The summed E-state index contributed by atoms with van der Waals surface area (Å²) < 4.78 is 72.2. The third-order valence-corrected chi connectivity index (χ3v) is 9.68. The molecule has 0 atom stereocenters. The molecule has 0 radical (unpaired) electrons. The molecule has 41 heavy (non-hydrogen) atoms. The molecule has 1 heterocycles. The van der Waals surface area contributed by atoms with E-state index in [0.29, 0.717) is 27.9 Å². The van der Waals surface area contributed by atoms with Crippen LogP contribution in [0.4, 0.5) is 5.69 Å². The van der Waals surface area contributed by atoms with Gasteiger partial charge in [0.05, 0.1) is 11.0 Å². The van der Waals surface area contributed by atoms with Crippen LogP contribution in [0, 0.1) is 0 Å². The lowest BCUT2D eigenvalue weighted by Crippen LogP contribution is -2.29. The minimum absolute atomic E-state index is 0.0357. The van der Waals surface area contributed by atoms with E-state index in [2.05, 4.69) is 41.9 Å². The first-order valence-electron chi connectivity index (χ1n) is 13.5. The molecule has 0 fully saturated rings. The van der Waals surface area contributed by atoms with E-state index in [4.69, 9.17) is 16.0 Å². The normalized spacial score (nSPS) is 12.2. The Morgan fingerprint density at radius 2 is 1.59 bits per heavy atom. The zero-order valence-corrected chi connectivity index (χ0v) is 25.9. The molecule has 0 spiro atoms. The van der Waals surface area contributed by atoms with Crippen molar-refractivity contribution in [3.8, 4) is 22.5 Å². The summed E-state index contributed by atoms with van der Waals surface area (Å²) in [6.45, 7) is 11.3. The zero-order chi connectivity index (χ0) is 29.9. The lowest BCUT2D eigenvalue weighted by atomic mass is 9.93. The molecule has 4 rings (SSSR count). The number of anilines is 1. The maximum atomic E-state index is 12.8. The molecule has 9 nitrogen and oxygen atoms in total. The fourth-order valence-electron chi connectivity index (χ4n) is 5.07. The number of nitrogens with one attached hydrogen (secondary N) is 1. The predicted molar refractivity (Wildman–Crippen MR) is 164 cm³/mol. The van der Waals surface area contributed by atoms with Gasteiger partial charge in [0.25, 0.3) is 10.1 Å². The van der Waals surface area contributed by atoms with Crippen LogP contribution in [-0.2, 0) is 20.1 Å². The quantitative estimate of drug-likeness (QED) is 0.109. The number of benzene rings is 3. The van der Waals surface area contributed by atoms with Gasteiger partial charge in [0.15, 0.2) is 0 Å². The smallest absolute Gasteiger partial charge is 0.295 e. The van der Waals surface area contributed by atoms with Gasteiger partial charge in [-0.15, -0.1) is 11.6 Å². The van der Waals surface area contributed by atoms with Crippen molar-refractivity contribution in [1.29, 1.82) is 0 Å². The van der Waals surface area contributed by atoms with Crippen molar-refractivity contribution in [3.05, 3.63) is 60.0 Å². The second-order valence-corrected chi connectivity index (χ2v) is 12.9. The Balaban J connectivity index is 2.13. The Bertz CT molecular complexity index is 1830. The SMILES string of the molecule is CCN(CC)c1ccc2c(-c3ccc(S(=O)(=O)NCCCl)cc3S(=O)(=O)O)c3ccc(=[N+](CC)CC)cc-3oc2c1. The van der Waals surface area contributed by atoms with Crippen molar-refractivity contribution in [3.63, 3.8) is 0 Å². The van der Waals surface area contributed by atoms with Crippen LogP contribution in [0.2, 0.25) is 0 Å². The van der Waals surface area contributed by atoms with Crippen molar-refractivity contribution >= 4 is 48.4 Å². The van der Waals surface area contributed by atoms with Crippen LogP contribution in [0.3, 0.4) is 0 Å². The van der Waals surface area contributed by atoms with Crippen LogP contribution in [0.1, 0.15) is 27.7 Å². The van der Waals surface area contributed by atoms with Crippen molar-refractivity contribution in [2.45, 2.75) is 37.5 Å². The maximum absolute atomic E-state index is 12.8. The number of hydrogen-bond donors (Lipinski definition) is 2.